The molecule has 1 atom stereocenters. The number of aromatic nitrogens is 2. The van der Waals surface area contributed by atoms with E-state index in [1.54, 1.807) is 0 Å². The van der Waals surface area contributed by atoms with Crippen LogP contribution in [-0.2, 0) is 4.79 Å². The fourth-order valence-electron chi connectivity index (χ4n) is 4.23. The summed E-state index contributed by atoms with van der Waals surface area (Å²) >= 11 is 0. The highest BCUT2D eigenvalue weighted by Crippen LogP contribution is 2.30. The average Bonchev–Trinajstić information content (AvgIpc) is 3.38. The molecule has 7 nitrogen and oxygen atoms in total. The summed E-state index contributed by atoms with van der Waals surface area (Å²) in [5.74, 6) is 1.35. The van der Waals surface area contributed by atoms with Crippen LogP contribution in [0.5, 0.6) is 0 Å². The predicted octanol–water partition coefficient (Wildman–Crippen LogP) is 2.52. The smallest absolute Gasteiger partial charge is 0.244 e. The monoisotopic (exact) mass is 383 g/mol. The molecule has 1 aliphatic carbocycles. The van der Waals surface area contributed by atoms with Crippen molar-refractivity contribution in [3.05, 3.63) is 35.7 Å². The summed E-state index contributed by atoms with van der Waals surface area (Å²) in [5, 5.41) is 4.14. The Morgan fingerprint density at radius 2 is 1.79 bits per heavy atom. The quantitative estimate of drug-likeness (QED) is 0.873. The van der Waals surface area contributed by atoms with Crippen molar-refractivity contribution in [1.82, 2.24) is 19.9 Å². The summed E-state index contributed by atoms with van der Waals surface area (Å²) in [5.41, 5.74) is 7.86. The van der Waals surface area contributed by atoms with Crippen molar-refractivity contribution in [1.29, 1.82) is 0 Å². The van der Waals surface area contributed by atoms with Gasteiger partial charge in [0.1, 0.15) is 0 Å². The third kappa shape index (κ3) is 3.69. The van der Waals surface area contributed by atoms with E-state index in [9.17, 15) is 4.79 Å². The number of carbonyl (C=O) groups excluding carboxylic acids is 1. The zero-order valence-corrected chi connectivity index (χ0v) is 16.7. The minimum atomic E-state index is -0.636. The first-order valence-corrected chi connectivity index (χ1v) is 10.2. The topological polar surface area (TPSA) is 88.5 Å². The highest BCUT2D eigenvalue weighted by atomic mass is 16.5. The molecule has 1 aliphatic heterocycles. The van der Waals surface area contributed by atoms with E-state index in [2.05, 4.69) is 28.9 Å². The fraction of sp³-hybridized carbons (Fsp3) is 0.571. The molecule has 1 saturated heterocycles. The second-order valence-electron chi connectivity index (χ2n) is 8.19. The van der Waals surface area contributed by atoms with Crippen LogP contribution >= 0.6 is 0 Å². The first-order chi connectivity index (χ1) is 13.5. The minimum absolute atomic E-state index is 0.0160. The molecule has 1 amide bonds. The zero-order chi connectivity index (χ0) is 19.7. The van der Waals surface area contributed by atoms with Gasteiger partial charge in [0.15, 0.2) is 0 Å². The number of piperazine rings is 1. The van der Waals surface area contributed by atoms with E-state index in [-0.39, 0.29) is 11.9 Å². The molecule has 28 heavy (non-hydrogen) atoms. The Kier molecular flexibility index (Phi) is 5.21. The molecule has 7 heteroatoms. The van der Waals surface area contributed by atoms with Crippen LogP contribution in [0.25, 0.3) is 11.4 Å². The molecule has 4 rings (SSSR count). The van der Waals surface area contributed by atoms with Crippen LogP contribution in [0.1, 0.15) is 50.1 Å². The summed E-state index contributed by atoms with van der Waals surface area (Å²) in [6.45, 7) is 7.08. The van der Waals surface area contributed by atoms with Gasteiger partial charge in [-0.2, -0.15) is 4.98 Å². The molecule has 2 heterocycles. The van der Waals surface area contributed by atoms with E-state index >= 15 is 0 Å². The molecule has 2 N–H and O–H groups in total. The Balaban J connectivity index is 1.37. The third-order valence-electron chi connectivity index (χ3n) is 6.18. The Bertz CT molecular complexity index is 818. The lowest BCUT2D eigenvalue weighted by molar-refractivity contribution is -0.139. The van der Waals surface area contributed by atoms with Gasteiger partial charge < -0.3 is 15.2 Å². The van der Waals surface area contributed by atoms with Crippen LogP contribution < -0.4 is 5.73 Å². The second-order valence-corrected chi connectivity index (χ2v) is 8.19. The predicted molar refractivity (Wildman–Crippen MR) is 106 cm³/mol. The Hall–Kier alpha value is -2.25. The number of aryl methyl sites for hydroxylation is 1. The van der Waals surface area contributed by atoms with E-state index in [0.29, 0.717) is 24.8 Å². The lowest BCUT2D eigenvalue weighted by Gasteiger charge is -2.39. The molecule has 2 aromatic rings. The van der Waals surface area contributed by atoms with Crippen LogP contribution in [0.15, 0.2) is 28.8 Å². The third-order valence-corrected chi connectivity index (χ3v) is 6.18. The largest absolute Gasteiger partial charge is 0.339 e. The van der Waals surface area contributed by atoms with Crippen LogP contribution in [0, 0.1) is 6.92 Å². The van der Waals surface area contributed by atoms with Crippen molar-refractivity contribution in [3.63, 3.8) is 0 Å². The maximum Gasteiger partial charge on any atom is 0.244 e. The van der Waals surface area contributed by atoms with Crippen molar-refractivity contribution in [3.8, 4) is 11.4 Å². The average molecular weight is 383 g/mol. The molecule has 2 fully saturated rings. The van der Waals surface area contributed by atoms with Gasteiger partial charge in [-0.15, -0.1) is 0 Å². The summed E-state index contributed by atoms with van der Waals surface area (Å²) in [4.78, 5) is 21.6. The molecule has 1 unspecified atom stereocenters. The van der Waals surface area contributed by atoms with Gasteiger partial charge in [0, 0.05) is 31.7 Å². The van der Waals surface area contributed by atoms with Crippen LogP contribution in [0.4, 0.5) is 0 Å². The standard InChI is InChI=1S/C21H29N5O2/c1-15-5-7-17(8-6-15)18-23-19(28-24-18)16(2)25-11-13-26(14-12-25)20(27)21(22)9-3-4-10-21/h5-8,16H,3-4,9-14,22H2,1-2H3. The molecular weight excluding hydrogens is 354 g/mol. The van der Waals surface area contributed by atoms with Gasteiger partial charge in [-0.25, -0.2) is 0 Å². The van der Waals surface area contributed by atoms with Crippen molar-refractivity contribution in [2.45, 2.75) is 51.1 Å². The lowest BCUT2D eigenvalue weighted by atomic mass is 9.96. The lowest BCUT2D eigenvalue weighted by Crippen LogP contribution is -2.58. The molecule has 1 aromatic carbocycles. The van der Waals surface area contributed by atoms with Crippen LogP contribution in [0.3, 0.4) is 0 Å². The van der Waals surface area contributed by atoms with Gasteiger partial charge >= 0.3 is 0 Å². The fourth-order valence-corrected chi connectivity index (χ4v) is 4.23. The van der Waals surface area contributed by atoms with Gasteiger partial charge in [0.2, 0.25) is 17.6 Å². The van der Waals surface area contributed by atoms with Gasteiger partial charge in [-0.05, 0) is 26.7 Å². The Morgan fingerprint density at radius 1 is 1.14 bits per heavy atom. The number of nitrogens with zero attached hydrogens (tertiary/aromatic N) is 4. The molecule has 2 aliphatic rings. The Morgan fingerprint density at radius 3 is 2.43 bits per heavy atom. The Labute approximate surface area is 165 Å². The van der Waals surface area contributed by atoms with Crippen molar-refractivity contribution >= 4 is 5.91 Å². The number of carbonyl (C=O) groups is 1. The van der Waals surface area contributed by atoms with E-state index < -0.39 is 5.54 Å². The van der Waals surface area contributed by atoms with E-state index in [0.717, 1.165) is 44.3 Å². The number of nitrogens with two attached hydrogens (primary N) is 1. The summed E-state index contributed by atoms with van der Waals surface area (Å²) in [6.07, 6.45) is 3.73. The first-order valence-electron chi connectivity index (χ1n) is 10.2. The normalized spacial score (nSPS) is 21.0. The number of hydrogen-bond acceptors (Lipinski definition) is 6. The summed E-state index contributed by atoms with van der Waals surface area (Å²) in [7, 11) is 0. The van der Waals surface area contributed by atoms with E-state index in [4.69, 9.17) is 10.3 Å². The second kappa shape index (κ2) is 7.64. The maximum absolute atomic E-state index is 12.8. The van der Waals surface area contributed by atoms with Gasteiger partial charge in [-0.3, -0.25) is 9.69 Å². The van der Waals surface area contributed by atoms with E-state index in [1.807, 2.05) is 29.2 Å². The van der Waals surface area contributed by atoms with Crippen LogP contribution in [-0.4, -0.2) is 57.6 Å². The molecule has 0 radical (unpaired) electrons. The van der Waals surface area contributed by atoms with Gasteiger partial charge in [0.25, 0.3) is 0 Å². The van der Waals surface area contributed by atoms with Gasteiger partial charge in [0.05, 0.1) is 11.6 Å². The highest BCUT2D eigenvalue weighted by molar-refractivity contribution is 5.86. The molecule has 0 spiro atoms. The number of benzene rings is 1. The van der Waals surface area contributed by atoms with Crippen molar-refractivity contribution in [2.75, 3.05) is 26.2 Å². The van der Waals surface area contributed by atoms with E-state index in [1.165, 1.54) is 5.56 Å². The SMILES string of the molecule is Cc1ccc(-c2noc(C(C)N3CCN(C(=O)C4(N)CCCC4)CC3)n2)cc1. The number of hydrogen-bond donors (Lipinski definition) is 1. The maximum atomic E-state index is 12.8. The number of amides is 1. The van der Waals surface area contributed by atoms with Gasteiger partial charge in [-0.1, -0.05) is 47.8 Å². The molecule has 1 saturated carbocycles. The van der Waals surface area contributed by atoms with Crippen molar-refractivity contribution in [2.24, 2.45) is 5.73 Å². The molecule has 150 valence electrons. The molecular formula is C21H29N5O2. The minimum Gasteiger partial charge on any atom is -0.339 e. The number of rotatable bonds is 4. The highest BCUT2D eigenvalue weighted by Gasteiger charge is 2.41. The summed E-state index contributed by atoms with van der Waals surface area (Å²) in [6, 6.07) is 8.11. The molecule has 1 aromatic heterocycles. The van der Waals surface area contributed by atoms with Crippen molar-refractivity contribution < 1.29 is 9.32 Å². The first kappa shape index (κ1) is 19.1. The van der Waals surface area contributed by atoms with Crippen LogP contribution in [0.2, 0.25) is 0 Å². The zero-order valence-electron chi connectivity index (χ0n) is 16.7. The molecule has 0 bridgehead atoms. The summed E-state index contributed by atoms with van der Waals surface area (Å²) < 4.78 is 5.53.